The predicted molar refractivity (Wildman–Crippen MR) is 89.9 cm³/mol. The summed E-state index contributed by atoms with van der Waals surface area (Å²) >= 11 is 0. The first-order valence-electron chi connectivity index (χ1n) is 7.87. The molecule has 3 heterocycles. The Morgan fingerprint density at radius 3 is 2.88 bits per heavy atom. The maximum Gasteiger partial charge on any atom is 0.274 e. The Morgan fingerprint density at radius 2 is 2.17 bits per heavy atom. The van der Waals surface area contributed by atoms with Crippen LogP contribution in [0, 0.1) is 6.92 Å². The van der Waals surface area contributed by atoms with Gasteiger partial charge < -0.3 is 14.5 Å². The summed E-state index contributed by atoms with van der Waals surface area (Å²) < 4.78 is 5.86. The lowest BCUT2D eigenvalue weighted by molar-refractivity contribution is -0.0249. The Balaban J connectivity index is 1.80. The molecule has 0 N–H and O–H groups in total. The summed E-state index contributed by atoms with van der Waals surface area (Å²) in [5.74, 6) is -0.128. The van der Waals surface area contributed by atoms with E-state index in [1.165, 1.54) is 12.4 Å². The van der Waals surface area contributed by atoms with Crippen LogP contribution in [0.5, 0.6) is 0 Å². The van der Waals surface area contributed by atoms with E-state index in [9.17, 15) is 4.79 Å². The molecule has 1 amide bonds. The van der Waals surface area contributed by atoms with E-state index >= 15 is 0 Å². The second-order valence-corrected chi connectivity index (χ2v) is 5.99. The van der Waals surface area contributed by atoms with E-state index in [1.54, 1.807) is 11.1 Å². The zero-order chi connectivity index (χ0) is 17.1. The molecule has 2 aromatic heterocycles. The summed E-state index contributed by atoms with van der Waals surface area (Å²) in [6.45, 7) is 3.43. The van der Waals surface area contributed by atoms with Crippen LogP contribution in [0.25, 0.3) is 0 Å². The maximum atomic E-state index is 12.6. The fourth-order valence-electron chi connectivity index (χ4n) is 2.68. The largest absolute Gasteiger partial charge is 0.378 e. The molecule has 0 radical (unpaired) electrons. The van der Waals surface area contributed by atoms with Crippen molar-refractivity contribution >= 4 is 11.6 Å². The van der Waals surface area contributed by atoms with Crippen molar-refractivity contribution in [2.75, 3.05) is 38.7 Å². The minimum absolute atomic E-state index is 0.128. The van der Waals surface area contributed by atoms with Crippen LogP contribution in [0.2, 0.25) is 0 Å². The summed E-state index contributed by atoms with van der Waals surface area (Å²) in [7, 11) is 3.98. The van der Waals surface area contributed by atoms with E-state index in [-0.39, 0.29) is 12.0 Å². The molecule has 1 aliphatic rings. The first kappa shape index (κ1) is 16.3. The van der Waals surface area contributed by atoms with Crippen LogP contribution in [-0.4, -0.2) is 59.6 Å². The van der Waals surface area contributed by atoms with E-state index in [1.807, 2.05) is 38.1 Å². The summed E-state index contributed by atoms with van der Waals surface area (Å²) in [5.41, 5.74) is 3.19. The Kier molecular flexibility index (Phi) is 4.71. The van der Waals surface area contributed by atoms with Gasteiger partial charge in [0.05, 0.1) is 25.0 Å². The molecule has 24 heavy (non-hydrogen) atoms. The van der Waals surface area contributed by atoms with Crippen molar-refractivity contribution < 1.29 is 9.53 Å². The van der Waals surface area contributed by atoms with Crippen molar-refractivity contribution in [2.45, 2.75) is 13.0 Å². The summed E-state index contributed by atoms with van der Waals surface area (Å²) in [4.78, 5) is 29.0. The minimum Gasteiger partial charge on any atom is -0.378 e. The highest BCUT2D eigenvalue weighted by molar-refractivity contribution is 5.92. The summed E-state index contributed by atoms with van der Waals surface area (Å²) in [5, 5.41) is 0. The molecular formula is C17H21N5O2. The van der Waals surface area contributed by atoms with Gasteiger partial charge in [-0.05, 0) is 19.1 Å². The summed E-state index contributed by atoms with van der Waals surface area (Å²) in [6, 6.07) is 4.03. The van der Waals surface area contributed by atoms with Gasteiger partial charge in [0.25, 0.3) is 5.91 Å². The smallest absolute Gasteiger partial charge is 0.274 e. The number of ether oxygens (including phenoxy) is 1. The van der Waals surface area contributed by atoms with Crippen molar-refractivity contribution in [2.24, 2.45) is 0 Å². The minimum atomic E-state index is -0.238. The molecule has 1 aliphatic heterocycles. The third kappa shape index (κ3) is 3.51. The van der Waals surface area contributed by atoms with Crippen molar-refractivity contribution in [3.8, 4) is 0 Å². The number of pyridine rings is 1. The first-order chi connectivity index (χ1) is 11.5. The molecule has 0 saturated carbocycles. The normalized spacial score (nSPS) is 17.6. The highest BCUT2D eigenvalue weighted by Gasteiger charge is 2.28. The van der Waals surface area contributed by atoms with Gasteiger partial charge in [-0.25, -0.2) is 4.98 Å². The van der Waals surface area contributed by atoms with Gasteiger partial charge in [-0.15, -0.1) is 0 Å². The highest BCUT2D eigenvalue weighted by Crippen LogP contribution is 2.25. The average Bonchev–Trinajstić information content (AvgIpc) is 2.61. The fourth-order valence-corrected chi connectivity index (χ4v) is 2.68. The second-order valence-electron chi connectivity index (χ2n) is 5.99. The van der Waals surface area contributed by atoms with Gasteiger partial charge in [0.1, 0.15) is 11.8 Å². The Bertz CT molecular complexity index is 720. The van der Waals surface area contributed by atoms with Gasteiger partial charge in [-0.3, -0.25) is 14.8 Å². The number of carbonyl (C=O) groups is 1. The van der Waals surface area contributed by atoms with Crippen molar-refractivity contribution in [1.29, 1.82) is 0 Å². The molecule has 0 aliphatic carbocycles. The zero-order valence-electron chi connectivity index (χ0n) is 14.1. The molecule has 7 nitrogen and oxygen atoms in total. The van der Waals surface area contributed by atoms with Crippen LogP contribution in [-0.2, 0) is 4.74 Å². The lowest BCUT2D eigenvalue weighted by atomic mass is 10.1. The summed E-state index contributed by atoms with van der Waals surface area (Å²) in [6.07, 6.45) is 4.33. The van der Waals surface area contributed by atoms with Gasteiger partial charge in [0.15, 0.2) is 0 Å². The SMILES string of the molecule is Cc1cc(N(C)C)cc([C@H]2CN(C(=O)c3cnccn3)CCO2)n1. The molecule has 2 aromatic rings. The molecule has 3 rings (SSSR count). The number of hydrogen-bond donors (Lipinski definition) is 0. The lowest BCUT2D eigenvalue weighted by Crippen LogP contribution is -2.42. The van der Waals surface area contributed by atoms with Crippen LogP contribution in [0.3, 0.4) is 0 Å². The average molecular weight is 327 g/mol. The van der Waals surface area contributed by atoms with Gasteiger partial charge in [-0.2, -0.15) is 0 Å². The van der Waals surface area contributed by atoms with E-state index in [0.717, 1.165) is 17.1 Å². The van der Waals surface area contributed by atoms with Crippen LogP contribution in [0.4, 0.5) is 5.69 Å². The molecule has 126 valence electrons. The number of rotatable bonds is 3. The fraction of sp³-hybridized carbons (Fsp3) is 0.412. The molecular weight excluding hydrogens is 306 g/mol. The monoisotopic (exact) mass is 327 g/mol. The first-order valence-corrected chi connectivity index (χ1v) is 7.87. The quantitative estimate of drug-likeness (QED) is 0.850. The molecule has 0 bridgehead atoms. The number of hydrogen-bond acceptors (Lipinski definition) is 6. The van der Waals surface area contributed by atoms with Crippen molar-refractivity contribution in [3.63, 3.8) is 0 Å². The molecule has 1 atom stereocenters. The molecule has 0 aromatic carbocycles. The number of aryl methyl sites for hydroxylation is 1. The topological polar surface area (TPSA) is 71.5 Å². The molecule has 1 fully saturated rings. The van der Waals surface area contributed by atoms with Crippen LogP contribution < -0.4 is 4.90 Å². The maximum absolute atomic E-state index is 12.6. The van der Waals surface area contributed by atoms with E-state index in [0.29, 0.717) is 25.4 Å². The number of morpholine rings is 1. The van der Waals surface area contributed by atoms with Gasteiger partial charge in [0.2, 0.25) is 0 Å². The van der Waals surface area contributed by atoms with Crippen LogP contribution in [0.15, 0.2) is 30.7 Å². The Labute approximate surface area is 141 Å². The van der Waals surface area contributed by atoms with Gasteiger partial charge in [0, 0.05) is 44.4 Å². The van der Waals surface area contributed by atoms with Gasteiger partial charge in [-0.1, -0.05) is 0 Å². The third-order valence-electron chi connectivity index (χ3n) is 3.94. The van der Waals surface area contributed by atoms with Crippen LogP contribution >= 0.6 is 0 Å². The zero-order valence-corrected chi connectivity index (χ0v) is 14.1. The van der Waals surface area contributed by atoms with E-state index in [2.05, 4.69) is 15.0 Å². The second kappa shape index (κ2) is 6.92. The molecule has 1 saturated heterocycles. The van der Waals surface area contributed by atoms with Crippen molar-refractivity contribution in [1.82, 2.24) is 19.9 Å². The third-order valence-corrected chi connectivity index (χ3v) is 3.94. The number of anilines is 1. The highest BCUT2D eigenvalue weighted by atomic mass is 16.5. The molecule has 0 unspecified atom stereocenters. The van der Waals surface area contributed by atoms with E-state index in [4.69, 9.17) is 4.74 Å². The predicted octanol–water partition coefficient (Wildman–Crippen LogP) is 1.46. The number of amides is 1. The van der Waals surface area contributed by atoms with Crippen LogP contribution in [0.1, 0.15) is 28.0 Å². The van der Waals surface area contributed by atoms with Gasteiger partial charge >= 0.3 is 0 Å². The Morgan fingerprint density at radius 1 is 1.33 bits per heavy atom. The number of carbonyl (C=O) groups excluding carboxylic acids is 1. The number of nitrogens with zero attached hydrogens (tertiary/aromatic N) is 5. The molecule has 7 heteroatoms. The van der Waals surface area contributed by atoms with E-state index < -0.39 is 0 Å². The number of aromatic nitrogens is 3. The standard InChI is InChI=1S/C17H21N5O2/c1-12-8-13(21(2)3)9-14(20-12)16-11-22(6-7-24-16)17(23)15-10-18-4-5-19-15/h4-5,8-10,16H,6-7,11H2,1-3H3/t16-/m1/s1. The Hall–Kier alpha value is -2.54. The molecule has 0 spiro atoms. The van der Waals surface area contributed by atoms with Crippen molar-refractivity contribution in [3.05, 3.63) is 47.8 Å². The lowest BCUT2D eigenvalue weighted by Gasteiger charge is -2.32.